The SMILES string of the molecule is CC(=O)Oc1cccc2c1[nH]c1c(C3=C[C@@]4(O)CC/C=C/CCCCN5CCC3[C@]3(C[C@@H]6CCCCCCN6[C@H]34)C5)nccc12. The molecule has 3 saturated heterocycles. The maximum Gasteiger partial charge on any atom is 0.308 e. The number of hydrogen-bond donors (Lipinski definition) is 2. The third-order valence-corrected chi connectivity index (χ3v) is 11.9. The molecule has 3 bridgehead atoms. The second kappa shape index (κ2) is 11.7. The molecule has 5 aliphatic rings. The number of aliphatic hydroxyl groups is 1. The van der Waals surface area contributed by atoms with E-state index >= 15 is 0 Å². The molecule has 45 heavy (non-hydrogen) atoms. The first-order chi connectivity index (χ1) is 22.0. The highest BCUT2D eigenvalue weighted by Gasteiger charge is 2.65. The van der Waals surface area contributed by atoms with Gasteiger partial charge >= 0.3 is 5.97 Å². The van der Waals surface area contributed by atoms with Gasteiger partial charge in [-0.05, 0) is 107 Å². The Balaban J connectivity index is 1.33. The number of hydrogen-bond acceptors (Lipinski definition) is 6. The van der Waals surface area contributed by atoms with Gasteiger partial charge < -0.3 is 19.7 Å². The van der Waals surface area contributed by atoms with Crippen LogP contribution in [0.3, 0.4) is 0 Å². The first kappa shape index (κ1) is 29.4. The maximum absolute atomic E-state index is 13.2. The Bertz CT molecular complexity index is 1660. The Labute approximate surface area is 266 Å². The van der Waals surface area contributed by atoms with E-state index in [1.807, 2.05) is 18.3 Å². The van der Waals surface area contributed by atoms with E-state index in [1.54, 1.807) is 0 Å². The lowest BCUT2D eigenvalue weighted by Crippen LogP contribution is -2.65. The van der Waals surface area contributed by atoms with Crippen LogP contribution in [0.5, 0.6) is 5.75 Å². The molecule has 2 unspecified atom stereocenters. The number of nitrogens with zero attached hydrogens (tertiary/aromatic N) is 3. The van der Waals surface area contributed by atoms with Crippen molar-refractivity contribution in [3.63, 3.8) is 0 Å². The van der Waals surface area contributed by atoms with Gasteiger partial charge in [-0.2, -0.15) is 0 Å². The quantitative estimate of drug-likeness (QED) is 0.185. The molecule has 1 aromatic carbocycles. The summed E-state index contributed by atoms with van der Waals surface area (Å²) in [5, 5.41) is 15.3. The van der Waals surface area contributed by atoms with Crippen LogP contribution in [0.15, 0.2) is 48.7 Å². The Hall–Kier alpha value is -3.00. The third kappa shape index (κ3) is 4.97. The zero-order valence-electron chi connectivity index (χ0n) is 26.8. The molecular weight excluding hydrogens is 560 g/mol. The molecule has 3 fully saturated rings. The van der Waals surface area contributed by atoms with E-state index in [9.17, 15) is 9.90 Å². The van der Waals surface area contributed by atoms with Gasteiger partial charge in [-0.3, -0.25) is 14.7 Å². The highest BCUT2D eigenvalue weighted by atomic mass is 16.5. The van der Waals surface area contributed by atoms with Crippen molar-refractivity contribution in [2.75, 3.05) is 26.2 Å². The third-order valence-electron chi connectivity index (χ3n) is 11.9. The van der Waals surface area contributed by atoms with Crippen molar-refractivity contribution < 1.29 is 14.6 Å². The molecule has 2 N–H and O–H groups in total. The second-order valence-corrected chi connectivity index (χ2v) is 14.6. The van der Waals surface area contributed by atoms with Crippen LogP contribution in [0, 0.1) is 11.3 Å². The summed E-state index contributed by atoms with van der Waals surface area (Å²) in [5.74, 6) is 0.533. The van der Waals surface area contributed by atoms with Gasteiger partial charge in [-0.1, -0.05) is 43.5 Å². The number of carbonyl (C=O) groups excluding carboxylic acids is 1. The molecule has 1 aliphatic carbocycles. The van der Waals surface area contributed by atoms with Crippen LogP contribution in [0.2, 0.25) is 0 Å². The van der Waals surface area contributed by atoms with Crippen molar-refractivity contribution in [1.82, 2.24) is 19.8 Å². The average Bonchev–Trinajstić information content (AvgIpc) is 3.54. The summed E-state index contributed by atoms with van der Waals surface area (Å²) in [6.07, 6.45) is 22.7. The minimum atomic E-state index is -0.944. The minimum Gasteiger partial charge on any atom is -0.424 e. The average molecular weight is 609 g/mol. The van der Waals surface area contributed by atoms with Gasteiger partial charge in [-0.25, -0.2) is 0 Å². The molecular formula is C38H48N4O3. The molecule has 2 aromatic heterocycles. The van der Waals surface area contributed by atoms with Crippen molar-refractivity contribution in [3.8, 4) is 5.75 Å². The zero-order chi connectivity index (χ0) is 30.6. The number of rotatable bonds is 2. The van der Waals surface area contributed by atoms with Crippen molar-refractivity contribution >= 4 is 33.3 Å². The standard InChI is InChI=1S/C38H48N4O3/c1-26(43)45-32-15-12-14-28-29-16-19-39-34(35(29)40-33(28)32)30-24-38(44)18-9-5-2-3-6-10-20-41-22-17-31(30)37(25-41)23-27-13-8-4-7-11-21-42(27)36(37)38/h2,5,12,14-16,19,24,27,31,36,40,44H,3-4,6-11,13,17-18,20-23,25H2,1H3/b5-2+/t27-,31?,36+,37-,38-/m0/s1. The number of allylic oxidation sites excluding steroid dienone is 3. The predicted molar refractivity (Wildman–Crippen MR) is 179 cm³/mol. The lowest BCUT2D eigenvalue weighted by Gasteiger charge is -2.58. The lowest BCUT2D eigenvalue weighted by molar-refractivity contribution is -0.131. The number of aromatic amines is 1. The fourth-order valence-electron chi connectivity index (χ4n) is 10.3. The second-order valence-electron chi connectivity index (χ2n) is 14.6. The van der Waals surface area contributed by atoms with Crippen LogP contribution >= 0.6 is 0 Å². The molecule has 7 nitrogen and oxygen atoms in total. The fourth-order valence-corrected chi connectivity index (χ4v) is 10.3. The largest absolute Gasteiger partial charge is 0.424 e. The van der Waals surface area contributed by atoms with E-state index in [1.165, 1.54) is 57.4 Å². The molecule has 6 atom stereocenters. The number of H-pyrrole nitrogens is 1. The topological polar surface area (TPSA) is 81.7 Å². The van der Waals surface area contributed by atoms with E-state index in [0.29, 0.717) is 17.7 Å². The Morgan fingerprint density at radius 2 is 1.82 bits per heavy atom. The highest BCUT2D eigenvalue weighted by Crippen LogP contribution is 2.62. The molecule has 6 heterocycles. The van der Waals surface area contributed by atoms with E-state index in [0.717, 1.165) is 85.8 Å². The maximum atomic E-state index is 13.2. The zero-order valence-corrected chi connectivity index (χ0v) is 26.8. The fraction of sp³-hybridized carbons (Fsp3) is 0.579. The van der Waals surface area contributed by atoms with E-state index < -0.39 is 5.60 Å². The minimum absolute atomic E-state index is 0.0252. The van der Waals surface area contributed by atoms with Gasteiger partial charge in [0.25, 0.3) is 0 Å². The van der Waals surface area contributed by atoms with Crippen LogP contribution < -0.4 is 4.74 Å². The van der Waals surface area contributed by atoms with Gasteiger partial charge in [-0.15, -0.1) is 0 Å². The van der Waals surface area contributed by atoms with Gasteiger partial charge in [0.05, 0.1) is 22.3 Å². The number of aromatic nitrogens is 2. The number of nitrogens with one attached hydrogen (secondary N) is 1. The first-order valence-corrected chi connectivity index (χ1v) is 17.6. The Morgan fingerprint density at radius 3 is 2.73 bits per heavy atom. The van der Waals surface area contributed by atoms with Gasteiger partial charge in [0.15, 0.2) is 5.75 Å². The Morgan fingerprint density at radius 1 is 0.978 bits per heavy atom. The molecule has 3 aromatic rings. The molecule has 7 heteroatoms. The molecule has 1 spiro atoms. The van der Waals surface area contributed by atoms with Crippen molar-refractivity contribution in [3.05, 3.63) is 54.4 Å². The molecule has 4 aliphatic heterocycles. The number of ether oxygens (including phenoxy) is 1. The lowest BCUT2D eigenvalue weighted by atomic mass is 9.54. The number of para-hydroxylation sites is 1. The summed E-state index contributed by atoms with van der Waals surface area (Å²) in [5.41, 5.74) is 2.99. The van der Waals surface area contributed by atoms with E-state index in [2.05, 4.69) is 45.1 Å². The molecule has 0 saturated carbocycles. The number of carbonyl (C=O) groups is 1. The number of fused-ring (bicyclic) bond motifs is 5. The molecule has 8 rings (SSSR count). The number of piperidine rings is 1. The normalized spacial score (nSPS) is 34.8. The van der Waals surface area contributed by atoms with Crippen LogP contribution in [-0.2, 0) is 4.79 Å². The van der Waals surface area contributed by atoms with Crippen LogP contribution in [0.4, 0.5) is 0 Å². The molecule has 0 amide bonds. The highest BCUT2D eigenvalue weighted by molar-refractivity contribution is 6.11. The van der Waals surface area contributed by atoms with E-state index in [4.69, 9.17) is 9.72 Å². The van der Waals surface area contributed by atoms with Crippen LogP contribution in [-0.4, -0.2) is 74.7 Å². The summed E-state index contributed by atoms with van der Waals surface area (Å²) in [4.78, 5) is 26.3. The smallest absolute Gasteiger partial charge is 0.308 e. The van der Waals surface area contributed by atoms with Crippen molar-refractivity contribution in [1.29, 1.82) is 0 Å². The van der Waals surface area contributed by atoms with Crippen LogP contribution in [0.25, 0.3) is 27.4 Å². The number of pyridine rings is 1. The summed E-state index contributed by atoms with van der Waals surface area (Å²) >= 11 is 0. The van der Waals surface area contributed by atoms with Gasteiger partial charge in [0.1, 0.15) is 0 Å². The molecule has 0 radical (unpaired) electrons. The van der Waals surface area contributed by atoms with Gasteiger partial charge in [0, 0.05) is 47.9 Å². The van der Waals surface area contributed by atoms with E-state index in [-0.39, 0.29) is 17.4 Å². The first-order valence-electron chi connectivity index (χ1n) is 17.6. The summed E-state index contributed by atoms with van der Waals surface area (Å²) < 4.78 is 5.62. The number of esters is 1. The van der Waals surface area contributed by atoms with Crippen molar-refractivity contribution in [2.45, 2.75) is 102 Å². The Kier molecular flexibility index (Phi) is 7.62. The summed E-state index contributed by atoms with van der Waals surface area (Å²) in [6.45, 7) is 5.84. The van der Waals surface area contributed by atoms with Crippen LogP contribution in [0.1, 0.15) is 89.7 Å². The molecule has 238 valence electrons. The number of benzene rings is 1. The van der Waals surface area contributed by atoms with Gasteiger partial charge in [0.2, 0.25) is 0 Å². The summed E-state index contributed by atoms with van der Waals surface area (Å²) in [6, 6.07) is 8.60. The monoisotopic (exact) mass is 608 g/mol. The predicted octanol–water partition coefficient (Wildman–Crippen LogP) is 7.01. The van der Waals surface area contributed by atoms with Crippen molar-refractivity contribution in [2.24, 2.45) is 11.3 Å². The summed E-state index contributed by atoms with van der Waals surface area (Å²) in [7, 11) is 0.